The van der Waals surface area contributed by atoms with Crippen LogP contribution in [0, 0.1) is 0 Å². The van der Waals surface area contributed by atoms with Gasteiger partial charge in [-0.25, -0.2) is 0 Å². The number of rotatable bonds is 9. The van der Waals surface area contributed by atoms with Gasteiger partial charge in [-0.3, -0.25) is 14.4 Å². The Morgan fingerprint density at radius 1 is 1.23 bits per heavy atom. The molecule has 1 aromatic carbocycles. The maximum absolute atomic E-state index is 12.8. The highest BCUT2D eigenvalue weighted by atomic mass is 16.4. The number of likely N-dealkylation sites (tertiary alicyclic amines) is 1. The Labute approximate surface area is 154 Å². The van der Waals surface area contributed by atoms with Gasteiger partial charge in [0.15, 0.2) is 0 Å². The van der Waals surface area contributed by atoms with Crippen LogP contribution in [0.3, 0.4) is 0 Å². The highest BCUT2D eigenvalue weighted by molar-refractivity contribution is 5.88. The van der Waals surface area contributed by atoms with E-state index < -0.39 is 12.0 Å². The number of hydrogen-bond acceptors (Lipinski definition) is 3. The van der Waals surface area contributed by atoms with Gasteiger partial charge < -0.3 is 15.3 Å². The molecule has 0 bridgehead atoms. The fourth-order valence-electron chi connectivity index (χ4n) is 3.41. The normalized spacial score (nSPS) is 17.7. The second-order valence-corrected chi connectivity index (χ2v) is 6.82. The van der Waals surface area contributed by atoms with E-state index in [1.54, 1.807) is 4.90 Å². The van der Waals surface area contributed by atoms with Crippen molar-refractivity contribution in [3.05, 3.63) is 35.9 Å². The summed E-state index contributed by atoms with van der Waals surface area (Å²) >= 11 is 0. The lowest BCUT2D eigenvalue weighted by atomic mass is 10.0. The van der Waals surface area contributed by atoms with E-state index in [1.165, 1.54) is 0 Å². The number of carbonyl (C=O) groups is 3. The van der Waals surface area contributed by atoms with Crippen LogP contribution in [-0.2, 0) is 20.8 Å². The Morgan fingerprint density at radius 2 is 1.96 bits per heavy atom. The zero-order valence-corrected chi connectivity index (χ0v) is 15.3. The molecule has 142 valence electrons. The van der Waals surface area contributed by atoms with Crippen molar-refractivity contribution in [3.63, 3.8) is 0 Å². The Morgan fingerprint density at radius 3 is 2.62 bits per heavy atom. The molecule has 2 amide bonds. The van der Waals surface area contributed by atoms with Gasteiger partial charge in [0.25, 0.3) is 0 Å². The second-order valence-electron chi connectivity index (χ2n) is 6.82. The zero-order valence-electron chi connectivity index (χ0n) is 15.3. The van der Waals surface area contributed by atoms with E-state index in [0.717, 1.165) is 18.4 Å². The quantitative estimate of drug-likeness (QED) is 0.708. The van der Waals surface area contributed by atoms with Crippen LogP contribution in [-0.4, -0.2) is 46.4 Å². The van der Waals surface area contributed by atoms with E-state index in [4.69, 9.17) is 5.11 Å². The van der Waals surface area contributed by atoms with Crippen LogP contribution in [0.1, 0.15) is 51.0 Å². The molecule has 2 N–H and O–H groups in total. The van der Waals surface area contributed by atoms with E-state index in [9.17, 15) is 14.4 Å². The van der Waals surface area contributed by atoms with Gasteiger partial charge in [0.05, 0.1) is 0 Å². The summed E-state index contributed by atoms with van der Waals surface area (Å²) < 4.78 is 0. The fourth-order valence-corrected chi connectivity index (χ4v) is 3.41. The van der Waals surface area contributed by atoms with Crippen molar-refractivity contribution < 1.29 is 19.5 Å². The third kappa shape index (κ3) is 5.86. The van der Waals surface area contributed by atoms with Crippen LogP contribution in [0.15, 0.2) is 30.3 Å². The third-order valence-corrected chi connectivity index (χ3v) is 4.72. The average molecular weight is 360 g/mol. The molecule has 1 aliphatic heterocycles. The number of hydrogen-bond donors (Lipinski definition) is 2. The smallest absolute Gasteiger partial charge is 0.303 e. The molecule has 0 spiro atoms. The summed E-state index contributed by atoms with van der Waals surface area (Å²) in [6.45, 7) is 2.57. The Bertz CT molecular complexity index is 617. The molecule has 6 nitrogen and oxygen atoms in total. The summed E-state index contributed by atoms with van der Waals surface area (Å²) in [5, 5.41) is 12.0. The maximum Gasteiger partial charge on any atom is 0.303 e. The van der Waals surface area contributed by atoms with Gasteiger partial charge >= 0.3 is 5.97 Å². The molecular weight excluding hydrogens is 332 g/mol. The van der Waals surface area contributed by atoms with E-state index in [0.29, 0.717) is 32.2 Å². The van der Waals surface area contributed by atoms with Gasteiger partial charge in [-0.1, -0.05) is 37.3 Å². The number of carboxylic acid groups (broad SMARTS) is 1. The molecule has 1 fully saturated rings. The molecule has 1 heterocycles. The van der Waals surface area contributed by atoms with Gasteiger partial charge in [-0.05, 0) is 37.7 Å². The zero-order chi connectivity index (χ0) is 18.9. The lowest BCUT2D eigenvalue weighted by Gasteiger charge is -2.26. The van der Waals surface area contributed by atoms with Crippen molar-refractivity contribution >= 4 is 17.8 Å². The van der Waals surface area contributed by atoms with Gasteiger partial charge in [-0.2, -0.15) is 0 Å². The van der Waals surface area contributed by atoms with E-state index in [1.807, 2.05) is 37.3 Å². The number of nitrogens with zero attached hydrogens (tertiary/aromatic N) is 1. The van der Waals surface area contributed by atoms with Crippen LogP contribution < -0.4 is 5.32 Å². The number of carbonyl (C=O) groups excluding carboxylic acids is 2. The number of aliphatic carboxylic acids is 1. The summed E-state index contributed by atoms with van der Waals surface area (Å²) in [5.41, 5.74) is 1.05. The van der Waals surface area contributed by atoms with Crippen molar-refractivity contribution in [1.82, 2.24) is 10.2 Å². The second kappa shape index (κ2) is 9.94. The molecular formula is C20H28N2O4. The molecule has 26 heavy (non-hydrogen) atoms. The molecule has 1 aliphatic rings. The fraction of sp³-hybridized carbons (Fsp3) is 0.550. The minimum absolute atomic E-state index is 0.000919. The first-order chi connectivity index (χ1) is 12.5. The first kappa shape index (κ1) is 19.9. The van der Waals surface area contributed by atoms with Crippen LogP contribution in [0.4, 0.5) is 0 Å². The van der Waals surface area contributed by atoms with E-state index >= 15 is 0 Å². The van der Waals surface area contributed by atoms with Gasteiger partial charge in [-0.15, -0.1) is 0 Å². The largest absolute Gasteiger partial charge is 0.481 e. The van der Waals surface area contributed by atoms with E-state index in [2.05, 4.69) is 5.32 Å². The molecule has 0 aromatic heterocycles. The molecule has 0 aliphatic carbocycles. The van der Waals surface area contributed by atoms with Crippen molar-refractivity contribution in [2.24, 2.45) is 0 Å². The summed E-state index contributed by atoms with van der Waals surface area (Å²) in [4.78, 5) is 37.6. The monoisotopic (exact) mass is 360 g/mol. The van der Waals surface area contributed by atoms with Crippen molar-refractivity contribution in [3.8, 4) is 0 Å². The number of carboxylic acids is 1. The number of benzene rings is 1. The Hall–Kier alpha value is -2.37. The average Bonchev–Trinajstić information content (AvgIpc) is 3.10. The van der Waals surface area contributed by atoms with Gasteiger partial charge in [0.1, 0.15) is 6.04 Å². The highest BCUT2D eigenvalue weighted by Crippen LogP contribution is 2.20. The Balaban J connectivity index is 2.02. The SMILES string of the molecule is CCCC(=O)N1CCCC1C(=O)NC(CCC(=O)O)Cc1ccccc1. The molecule has 2 atom stereocenters. The van der Waals surface area contributed by atoms with Crippen LogP contribution in [0.25, 0.3) is 0 Å². The first-order valence-corrected chi connectivity index (χ1v) is 9.36. The minimum Gasteiger partial charge on any atom is -0.481 e. The van der Waals surface area contributed by atoms with Gasteiger partial charge in [0.2, 0.25) is 11.8 Å². The lowest BCUT2D eigenvalue weighted by Crippen LogP contribution is -2.49. The third-order valence-electron chi connectivity index (χ3n) is 4.72. The predicted molar refractivity (Wildman–Crippen MR) is 98.6 cm³/mol. The molecule has 6 heteroatoms. The minimum atomic E-state index is -0.877. The molecule has 2 unspecified atom stereocenters. The molecule has 0 radical (unpaired) electrons. The summed E-state index contributed by atoms with van der Waals surface area (Å²) in [5.74, 6) is -1.02. The Kier molecular flexibility index (Phi) is 7.63. The number of nitrogens with one attached hydrogen (secondary N) is 1. The van der Waals surface area contributed by atoms with Crippen LogP contribution in [0.5, 0.6) is 0 Å². The first-order valence-electron chi connectivity index (χ1n) is 9.36. The molecule has 1 saturated heterocycles. The molecule has 1 aromatic rings. The molecule has 2 rings (SSSR count). The maximum atomic E-state index is 12.8. The van der Waals surface area contributed by atoms with Crippen molar-refractivity contribution in [2.45, 2.75) is 64.0 Å². The summed E-state index contributed by atoms with van der Waals surface area (Å²) in [6.07, 6.45) is 3.65. The van der Waals surface area contributed by atoms with Crippen molar-refractivity contribution in [1.29, 1.82) is 0 Å². The molecule has 0 saturated carbocycles. The lowest BCUT2D eigenvalue weighted by molar-refractivity contribution is -0.139. The topological polar surface area (TPSA) is 86.7 Å². The van der Waals surface area contributed by atoms with Crippen LogP contribution >= 0.6 is 0 Å². The van der Waals surface area contributed by atoms with Crippen molar-refractivity contribution in [2.75, 3.05) is 6.54 Å². The highest BCUT2D eigenvalue weighted by Gasteiger charge is 2.34. The summed E-state index contributed by atoms with van der Waals surface area (Å²) in [6, 6.07) is 9.01. The van der Waals surface area contributed by atoms with Gasteiger partial charge in [0, 0.05) is 25.4 Å². The van der Waals surface area contributed by atoms with E-state index in [-0.39, 0.29) is 24.3 Å². The summed E-state index contributed by atoms with van der Waals surface area (Å²) in [7, 11) is 0. The predicted octanol–water partition coefficient (Wildman–Crippen LogP) is 2.37. The standard InChI is InChI=1S/C20H28N2O4/c1-2-7-18(23)22-13-6-10-17(22)20(26)21-16(11-12-19(24)25)14-15-8-4-3-5-9-15/h3-5,8-9,16-17H,2,6-7,10-14H2,1H3,(H,21,26)(H,24,25). The number of amides is 2. The van der Waals surface area contributed by atoms with Crippen LogP contribution in [0.2, 0.25) is 0 Å².